The minimum Gasteiger partial charge on any atom is -0.372 e. The third-order valence-corrected chi connectivity index (χ3v) is 5.52. The number of para-hydroxylation sites is 2. The second-order valence-corrected chi connectivity index (χ2v) is 8.64. The van der Waals surface area contributed by atoms with Crippen molar-refractivity contribution in [3.8, 4) is 0 Å². The van der Waals surface area contributed by atoms with Crippen LogP contribution < -0.4 is 10.2 Å². The van der Waals surface area contributed by atoms with Crippen LogP contribution in [-0.4, -0.2) is 74.9 Å². The molecule has 1 saturated heterocycles. The highest BCUT2D eigenvalue weighted by atomic mass is 16.5. The van der Waals surface area contributed by atoms with E-state index in [2.05, 4.69) is 47.2 Å². The summed E-state index contributed by atoms with van der Waals surface area (Å²) in [7, 11) is 4.06. The Kier molecular flexibility index (Phi) is 8.32. The maximum absolute atomic E-state index is 13.3. The third kappa shape index (κ3) is 6.97. The number of likely N-dealkylation sites (N-methyl/N-ethyl adjacent to an activating group) is 1. The molecule has 1 heterocycles. The second-order valence-electron chi connectivity index (χ2n) is 8.64. The lowest BCUT2D eigenvalue weighted by atomic mass is 10.1. The van der Waals surface area contributed by atoms with Gasteiger partial charge in [-0.2, -0.15) is 0 Å². The first-order chi connectivity index (χ1) is 14.9. The average Bonchev–Trinajstić information content (AvgIpc) is 2.74. The average molecular weight is 425 g/mol. The van der Waals surface area contributed by atoms with Gasteiger partial charge in [-0.15, -0.1) is 0 Å². The van der Waals surface area contributed by atoms with Crippen LogP contribution in [0.3, 0.4) is 0 Å². The fraction of sp³-hybridized carbons (Fsp3) is 0.480. The van der Waals surface area contributed by atoms with Crippen molar-refractivity contribution in [3.05, 3.63) is 60.2 Å². The number of hydrogen-bond donors (Lipinski definition) is 1. The minimum atomic E-state index is -0.0559. The van der Waals surface area contributed by atoms with Gasteiger partial charge < -0.3 is 24.8 Å². The number of ether oxygens (including phenoxy) is 1. The van der Waals surface area contributed by atoms with E-state index < -0.39 is 0 Å². The first kappa shape index (κ1) is 23.1. The van der Waals surface area contributed by atoms with E-state index in [1.54, 1.807) is 0 Å². The molecular formula is C25H36N4O2. The van der Waals surface area contributed by atoms with Gasteiger partial charge in [-0.25, -0.2) is 4.79 Å². The van der Waals surface area contributed by atoms with Gasteiger partial charge in [-0.05, 0) is 52.1 Å². The molecular weight excluding hydrogens is 388 g/mol. The number of carbonyl (C=O) groups excluding carboxylic acids is 1. The number of morpholine rings is 1. The molecule has 1 fully saturated rings. The number of nitrogens with one attached hydrogen (secondary N) is 1. The lowest BCUT2D eigenvalue weighted by Gasteiger charge is -2.37. The molecule has 1 aliphatic rings. The molecule has 0 radical (unpaired) electrons. The Morgan fingerprint density at radius 2 is 1.61 bits per heavy atom. The highest BCUT2D eigenvalue weighted by molar-refractivity contribution is 5.93. The van der Waals surface area contributed by atoms with E-state index in [0.29, 0.717) is 13.1 Å². The van der Waals surface area contributed by atoms with Crippen LogP contribution in [0.5, 0.6) is 0 Å². The van der Waals surface area contributed by atoms with Crippen molar-refractivity contribution in [2.75, 3.05) is 57.0 Å². The Bertz CT molecular complexity index is 817. The van der Waals surface area contributed by atoms with Gasteiger partial charge in [-0.3, -0.25) is 0 Å². The molecule has 2 aromatic rings. The molecule has 0 spiro atoms. The van der Waals surface area contributed by atoms with Crippen molar-refractivity contribution in [2.24, 2.45) is 0 Å². The van der Waals surface area contributed by atoms with E-state index in [0.717, 1.165) is 37.4 Å². The molecule has 6 nitrogen and oxygen atoms in total. The number of amides is 2. The van der Waals surface area contributed by atoms with Gasteiger partial charge in [0.1, 0.15) is 0 Å². The Morgan fingerprint density at radius 3 is 2.29 bits per heavy atom. The van der Waals surface area contributed by atoms with E-state index >= 15 is 0 Å². The van der Waals surface area contributed by atoms with Crippen LogP contribution in [0.1, 0.15) is 19.4 Å². The molecule has 2 atom stereocenters. The fourth-order valence-electron chi connectivity index (χ4n) is 3.97. The van der Waals surface area contributed by atoms with E-state index in [1.807, 2.05) is 55.4 Å². The summed E-state index contributed by atoms with van der Waals surface area (Å²) in [4.78, 5) is 19.6. The summed E-state index contributed by atoms with van der Waals surface area (Å²) in [6, 6.07) is 18.3. The van der Waals surface area contributed by atoms with Crippen molar-refractivity contribution in [3.63, 3.8) is 0 Å². The molecule has 0 bridgehead atoms. The van der Waals surface area contributed by atoms with Crippen LogP contribution in [0.25, 0.3) is 0 Å². The molecule has 0 aliphatic carbocycles. The number of rotatable bonds is 8. The molecule has 0 unspecified atom stereocenters. The van der Waals surface area contributed by atoms with E-state index in [-0.39, 0.29) is 18.2 Å². The summed E-state index contributed by atoms with van der Waals surface area (Å²) in [5.41, 5.74) is 3.14. The molecule has 1 N–H and O–H groups in total. The van der Waals surface area contributed by atoms with Gasteiger partial charge in [0.25, 0.3) is 0 Å². The first-order valence-electron chi connectivity index (χ1n) is 11.2. The number of carbonyl (C=O) groups is 1. The van der Waals surface area contributed by atoms with Crippen LogP contribution in [-0.2, 0) is 11.2 Å². The highest BCUT2D eigenvalue weighted by Gasteiger charge is 2.25. The van der Waals surface area contributed by atoms with Crippen molar-refractivity contribution >= 4 is 17.4 Å². The Balaban J connectivity index is 1.71. The zero-order valence-corrected chi connectivity index (χ0v) is 19.3. The predicted molar refractivity (Wildman–Crippen MR) is 128 cm³/mol. The SMILES string of the molecule is C[C@@H]1CN(c2ccccc2NC(=O)N(CCc2ccccc2)CCN(C)C)C[C@@H](C)O1. The topological polar surface area (TPSA) is 48.1 Å². The largest absolute Gasteiger partial charge is 0.372 e. The number of benzene rings is 2. The van der Waals surface area contributed by atoms with Gasteiger partial charge in [-0.1, -0.05) is 42.5 Å². The van der Waals surface area contributed by atoms with E-state index in [4.69, 9.17) is 4.74 Å². The van der Waals surface area contributed by atoms with Crippen LogP contribution in [0.4, 0.5) is 16.2 Å². The first-order valence-corrected chi connectivity index (χ1v) is 11.2. The number of urea groups is 1. The van der Waals surface area contributed by atoms with Gasteiger partial charge in [0, 0.05) is 32.7 Å². The lowest BCUT2D eigenvalue weighted by molar-refractivity contribution is -0.00517. The molecule has 168 valence electrons. The molecule has 31 heavy (non-hydrogen) atoms. The van der Waals surface area contributed by atoms with Crippen molar-refractivity contribution in [2.45, 2.75) is 32.5 Å². The summed E-state index contributed by atoms with van der Waals surface area (Å²) < 4.78 is 5.88. The number of hydrogen-bond acceptors (Lipinski definition) is 4. The van der Waals surface area contributed by atoms with Gasteiger partial charge in [0.05, 0.1) is 23.6 Å². The van der Waals surface area contributed by atoms with Crippen LogP contribution in [0.2, 0.25) is 0 Å². The molecule has 2 amide bonds. The summed E-state index contributed by atoms with van der Waals surface area (Å²) in [6.07, 6.45) is 1.16. The van der Waals surface area contributed by atoms with Gasteiger partial charge in [0.15, 0.2) is 0 Å². The fourth-order valence-corrected chi connectivity index (χ4v) is 3.97. The molecule has 3 rings (SSSR count). The molecule has 0 saturated carbocycles. The smallest absolute Gasteiger partial charge is 0.321 e. The van der Waals surface area contributed by atoms with E-state index in [1.165, 1.54) is 5.56 Å². The summed E-state index contributed by atoms with van der Waals surface area (Å²) in [5.74, 6) is 0. The highest BCUT2D eigenvalue weighted by Crippen LogP contribution is 2.28. The Hall–Kier alpha value is -2.57. The second kappa shape index (κ2) is 11.2. The monoisotopic (exact) mass is 424 g/mol. The number of anilines is 2. The maximum Gasteiger partial charge on any atom is 0.321 e. The maximum atomic E-state index is 13.3. The van der Waals surface area contributed by atoms with Crippen molar-refractivity contribution in [1.82, 2.24) is 9.80 Å². The quantitative estimate of drug-likeness (QED) is 0.697. The standard InChI is InChI=1S/C25H36N4O2/c1-20-18-29(19-21(2)31-20)24-13-9-8-12-23(24)26-25(30)28(17-16-27(3)4)15-14-22-10-6-5-7-11-22/h5-13,20-21H,14-19H2,1-4H3,(H,26,30)/t20-,21-/m1/s1. The summed E-state index contributed by atoms with van der Waals surface area (Å²) in [5, 5.41) is 3.18. The van der Waals surface area contributed by atoms with Gasteiger partial charge >= 0.3 is 6.03 Å². The predicted octanol–water partition coefficient (Wildman–Crippen LogP) is 3.94. The van der Waals surface area contributed by atoms with Crippen molar-refractivity contribution < 1.29 is 9.53 Å². The zero-order valence-electron chi connectivity index (χ0n) is 19.3. The zero-order chi connectivity index (χ0) is 22.2. The number of nitrogens with zero attached hydrogens (tertiary/aromatic N) is 3. The normalized spacial score (nSPS) is 18.8. The van der Waals surface area contributed by atoms with Crippen LogP contribution in [0, 0.1) is 0 Å². The molecule has 0 aromatic heterocycles. The van der Waals surface area contributed by atoms with Gasteiger partial charge in [0.2, 0.25) is 0 Å². The summed E-state index contributed by atoms with van der Waals surface area (Å²) in [6.45, 7) is 8.00. The third-order valence-electron chi connectivity index (χ3n) is 5.52. The Labute approximate surface area is 186 Å². The van der Waals surface area contributed by atoms with Crippen molar-refractivity contribution in [1.29, 1.82) is 0 Å². The van der Waals surface area contributed by atoms with Crippen LogP contribution in [0.15, 0.2) is 54.6 Å². The summed E-state index contributed by atoms with van der Waals surface area (Å²) >= 11 is 0. The van der Waals surface area contributed by atoms with Crippen LogP contribution >= 0.6 is 0 Å². The Morgan fingerprint density at radius 1 is 0.968 bits per heavy atom. The van der Waals surface area contributed by atoms with E-state index in [9.17, 15) is 4.79 Å². The molecule has 6 heteroatoms. The lowest BCUT2D eigenvalue weighted by Crippen LogP contribution is -2.46. The molecule has 2 aromatic carbocycles. The molecule has 1 aliphatic heterocycles. The minimum absolute atomic E-state index is 0.0559.